The van der Waals surface area contributed by atoms with E-state index in [1.807, 2.05) is 36.6 Å². The molecule has 0 saturated carbocycles. The minimum absolute atomic E-state index is 0.0975. The Hall–Kier alpha value is -2.09. The molecule has 1 unspecified atom stereocenters. The number of nitrogens with one attached hydrogen (secondary N) is 1. The van der Waals surface area contributed by atoms with Gasteiger partial charge in [0.25, 0.3) is 0 Å². The number of carbonyl (C=O) groups is 1. The minimum Gasteiger partial charge on any atom is -0.349 e. The van der Waals surface area contributed by atoms with Crippen molar-refractivity contribution < 1.29 is 4.79 Å². The first-order valence-corrected chi connectivity index (χ1v) is 10.4. The van der Waals surface area contributed by atoms with E-state index in [4.69, 9.17) is 23.2 Å². The number of amides is 1. The molecule has 3 rings (SSSR count). The summed E-state index contributed by atoms with van der Waals surface area (Å²) in [5, 5.41) is 13.1. The van der Waals surface area contributed by atoms with E-state index in [9.17, 15) is 4.79 Å². The summed E-state index contributed by atoms with van der Waals surface area (Å²) in [6.07, 6.45) is 3.43. The number of pyridine rings is 1. The number of thioether (sulfide) groups is 1. The van der Waals surface area contributed by atoms with Crippen molar-refractivity contribution in [1.82, 2.24) is 25.1 Å². The monoisotopic (exact) mass is 435 g/mol. The van der Waals surface area contributed by atoms with Crippen molar-refractivity contribution in [1.29, 1.82) is 0 Å². The van der Waals surface area contributed by atoms with Gasteiger partial charge in [-0.25, -0.2) is 0 Å². The van der Waals surface area contributed by atoms with Crippen LogP contribution in [0.5, 0.6) is 0 Å². The zero-order valence-corrected chi connectivity index (χ0v) is 17.7. The van der Waals surface area contributed by atoms with Gasteiger partial charge >= 0.3 is 0 Å². The van der Waals surface area contributed by atoms with Crippen molar-refractivity contribution in [3.05, 3.63) is 58.3 Å². The first-order chi connectivity index (χ1) is 13.5. The van der Waals surface area contributed by atoms with E-state index in [2.05, 4.69) is 20.5 Å². The first kappa shape index (κ1) is 20.6. The second kappa shape index (κ2) is 9.41. The van der Waals surface area contributed by atoms with Crippen LogP contribution in [0.2, 0.25) is 10.0 Å². The Labute approximate surface area is 177 Å². The predicted octanol–water partition coefficient (Wildman–Crippen LogP) is 4.64. The Balaban J connectivity index is 1.63. The second-order valence-corrected chi connectivity index (χ2v) is 7.79. The molecule has 0 aliphatic rings. The minimum atomic E-state index is -0.181. The van der Waals surface area contributed by atoms with Crippen LogP contribution in [0.4, 0.5) is 0 Å². The molecule has 0 aliphatic carbocycles. The van der Waals surface area contributed by atoms with Crippen LogP contribution in [0, 0.1) is 0 Å². The van der Waals surface area contributed by atoms with Gasteiger partial charge in [0.1, 0.15) is 0 Å². The van der Waals surface area contributed by atoms with Crippen LogP contribution in [-0.4, -0.2) is 31.4 Å². The lowest BCUT2D eigenvalue weighted by molar-refractivity contribution is -0.119. The Morgan fingerprint density at radius 1 is 1.18 bits per heavy atom. The molecule has 9 heteroatoms. The molecule has 0 aliphatic heterocycles. The zero-order chi connectivity index (χ0) is 20.1. The van der Waals surface area contributed by atoms with Crippen LogP contribution < -0.4 is 5.32 Å². The van der Waals surface area contributed by atoms with E-state index >= 15 is 0 Å². The highest BCUT2D eigenvalue weighted by Crippen LogP contribution is 2.26. The van der Waals surface area contributed by atoms with E-state index < -0.39 is 0 Å². The molecule has 1 atom stereocenters. The molecule has 28 heavy (non-hydrogen) atoms. The summed E-state index contributed by atoms with van der Waals surface area (Å²) in [5.41, 5.74) is 1.83. The molecule has 0 saturated heterocycles. The SMILES string of the molecule is CCn1c(SCC(=O)NC(C)c2ccc(Cl)c(Cl)c2)nnc1-c1ccncc1. The van der Waals surface area contributed by atoms with Gasteiger partial charge in [-0.05, 0) is 43.7 Å². The van der Waals surface area contributed by atoms with Crippen molar-refractivity contribution in [2.24, 2.45) is 0 Å². The Morgan fingerprint density at radius 3 is 2.61 bits per heavy atom. The number of hydrogen-bond acceptors (Lipinski definition) is 5. The highest BCUT2D eigenvalue weighted by molar-refractivity contribution is 7.99. The van der Waals surface area contributed by atoms with Crippen LogP contribution in [0.1, 0.15) is 25.5 Å². The Morgan fingerprint density at radius 2 is 1.93 bits per heavy atom. The average Bonchev–Trinajstić information content (AvgIpc) is 3.12. The summed E-state index contributed by atoms with van der Waals surface area (Å²) in [5.74, 6) is 0.900. The fourth-order valence-electron chi connectivity index (χ4n) is 2.67. The number of nitrogens with zero attached hydrogens (tertiary/aromatic N) is 4. The van der Waals surface area contributed by atoms with Crippen molar-refractivity contribution in [2.45, 2.75) is 31.6 Å². The van der Waals surface area contributed by atoms with Gasteiger partial charge in [0.2, 0.25) is 5.91 Å². The van der Waals surface area contributed by atoms with Gasteiger partial charge in [-0.2, -0.15) is 0 Å². The second-order valence-electron chi connectivity index (χ2n) is 6.04. The van der Waals surface area contributed by atoms with Gasteiger partial charge < -0.3 is 9.88 Å². The standard InChI is InChI=1S/C19H19Cl2N5OS/c1-3-26-18(13-6-8-22-9-7-13)24-25-19(26)28-11-17(27)23-12(2)14-4-5-15(20)16(21)10-14/h4-10,12H,3,11H2,1-2H3,(H,23,27). The summed E-state index contributed by atoms with van der Waals surface area (Å²) < 4.78 is 1.98. The Bertz CT molecular complexity index is 964. The van der Waals surface area contributed by atoms with Gasteiger partial charge in [0.15, 0.2) is 11.0 Å². The number of hydrogen-bond donors (Lipinski definition) is 1. The fraction of sp³-hybridized carbons (Fsp3) is 0.263. The predicted molar refractivity (Wildman–Crippen MR) is 113 cm³/mol. The zero-order valence-electron chi connectivity index (χ0n) is 15.4. The molecule has 0 fully saturated rings. The molecule has 0 radical (unpaired) electrons. The Kier molecular flexibility index (Phi) is 6.93. The molecular formula is C19H19Cl2N5OS. The van der Waals surface area contributed by atoms with Crippen molar-refractivity contribution in [3.8, 4) is 11.4 Å². The third-order valence-corrected chi connectivity index (χ3v) is 5.83. The van der Waals surface area contributed by atoms with Crippen LogP contribution in [0.15, 0.2) is 47.9 Å². The van der Waals surface area contributed by atoms with Gasteiger partial charge in [-0.3, -0.25) is 9.78 Å². The molecule has 146 valence electrons. The molecule has 2 heterocycles. The van der Waals surface area contributed by atoms with Gasteiger partial charge in [0, 0.05) is 24.5 Å². The highest BCUT2D eigenvalue weighted by atomic mass is 35.5. The van der Waals surface area contributed by atoms with Gasteiger partial charge in [-0.15, -0.1) is 10.2 Å². The molecule has 0 spiro atoms. The number of rotatable bonds is 7. The maximum Gasteiger partial charge on any atom is 0.230 e. The van der Waals surface area contributed by atoms with Crippen molar-refractivity contribution >= 4 is 40.9 Å². The maximum atomic E-state index is 12.4. The highest BCUT2D eigenvalue weighted by Gasteiger charge is 2.16. The van der Waals surface area contributed by atoms with E-state index in [1.165, 1.54) is 11.8 Å². The number of benzene rings is 1. The van der Waals surface area contributed by atoms with Crippen LogP contribution in [0.3, 0.4) is 0 Å². The van der Waals surface area contributed by atoms with Crippen molar-refractivity contribution in [3.63, 3.8) is 0 Å². The topological polar surface area (TPSA) is 72.7 Å². The molecule has 0 bridgehead atoms. The van der Waals surface area contributed by atoms with E-state index in [-0.39, 0.29) is 17.7 Å². The molecule has 6 nitrogen and oxygen atoms in total. The van der Waals surface area contributed by atoms with E-state index in [0.29, 0.717) is 21.7 Å². The van der Waals surface area contributed by atoms with Crippen LogP contribution in [0.25, 0.3) is 11.4 Å². The lowest BCUT2D eigenvalue weighted by atomic mass is 10.1. The summed E-state index contributed by atoms with van der Waals surface area (Å²) in [7, 11) is 0. The third-order valence-electron chi connectivity index (χ3n) is 4.13. The largest absolute Gasteiger partial charge is 0.349 e. The van der Waals surface area contributed by atoms with Crippen LogP contribution >= 0.6 is 35.0 Å². The lowest BCUT2D eigenvalue weighted by Gasteiger charge is -2.15. The molecule has 1 amide bonds. The average molecular weight is 436 g/mol. The molecule has 2 aromatic heterocycles. The fourth-order valence-corrected chi connectivity index (χ4v) is 3.79. The lowest BCUT2D eigenvalue weighted by Crippen LogP contribution is -2.28. The molecule has 3 aromatic rings. The van der Waals surface area contributed by atoms with Crippen LogP contribution in [-0.2, 0) is 11.3 Å². The van der Waals surface area contributed by atoms with E-state index in [1.54, 1.807) is 24.5 Å². The summed E-state index contributed by atoms with van der Waals surface area (Å²) in [6, 6.07) is 8.92. The summed E-state index contributed by atoms with van der Waals surface area (Å²) in [6.45, 7) is 4.62. The molecule has 1 N–H and O–H groups in total. The molecular weight excluding hydrogens is 417 g/mol. The van der Waals surface area contributed by atoms with Crippen molar-refractivity contribution in [2.75, 3.05) is 5.75 Å². The normalized spacial score (nSPS) is 12.0. The molecule has 1 aromatic carbocycles. The van der Waals surface area contributed by atoms with Gasteiger partial charge in [0.05, 0.1) is 21.8 Å². The summed E-state index contributed by atoms with van der Waals surface area (Å²) in [4.78, 5) is 16.4. The maximum absolute atomic E-state index is 12.4. The van der Waals surface area contributed by atoms with E-state index in [0.717, 1.165) is 17.0 Å². The number of carbonyl (C=O) groups excluding carboxylic acids is 1. The number of aromatic nitrogens is 4. The van der Waals surface area contributed by atoms with Gasteiger partial charge in [-0.1, -0.05) is 41.0 Å². The number of halogens is 2. The summed E-state index contributed by atoms with van der Waals surface area (Å²) >= 11 is 13.3. The smallest absolute Gasteiger partial charge is 0.230 e. The third kappa shape index (κ3) is 4.84. The quantitative estimate of drug-likeness (QED) is 0.547. The first-order valence-electron chi connectivity index (χ1n) is 8.70.